The van der Waals surface area contributed by atoms with Gasteiger partial charge in [-0.1, -0.05) is 30.3 Å². The molecular formula is C22H22F2N2O2. The zero-order chi connectivity index (χ0) is 19.7. The minimum absolute atomic E-state index is 0.0845. The van der Waals surface area contributed by atoms with Gasteiger partial charge in [0.2, 0.25) is 5.91 Å². The molecule has 0 unspecified atom stereocenters. The van der Waals surface area contributed by atoms with Crippen molar-refractivity contribution in [3.05, 3.63) is 65.7 Å². The van der Waals surface area contributed by atoms with Gasteiger partial charge < -0.3 is 0 Å². The van der Waals surface area contributed by atoms with Crippen LogP contribution in [0.2, 0.25) is 0 Å². The SMILES string of the molecule is O=C1C[C@H](N2CCC(Cc3ccccc3)CC2)C(=O)N1c1ccc(F)c(F)c1. The van der Waals surface area contributed by atoms with E-state index in [1.807, 2.05) is 18.2 Å². The van der Waals surface area contributed by atoms with Crippen LogP contribution in [0.4, 0.5) is 14.5 Å². The number of likely N-dealkylation sites (tertiary alicyclic amines) is 1. The van der Waals surface area contributed by atoms with Crippen molar-refractivity contribution in [1.82, 2.24) is 4.90 Å². The van der Waals surface area contributed by atoms with Crippen molar-refractivity contribution < 1.29 is 18.4 Å². The molecule has 0 radical (unpaired) electrons. The van der Waals surface area contributed by atoms with Crippen LogP contribution in [0.1, 0.15) is 24.8 Å². The Morgan fingerprint density at radius 3 is 2.32 bits per heavy atom. The Hall–Kier alpha value is -2.60. The van der Waals surface area contributed by atoms with Gasteiger partial charge >= 0.3 is 0 Å². The molecule has 0 spiro atoms. The van der Waals surface area contributed by atoms with Crippen LogP contribution >= 0.6 is 0 Å². The average molecular weight is 384 g/mol. The summed E-state index contributed by atoms with van der Waals surface area (Å²) in [5, 5.41) is 0. The molecule has 0 saturated carbocycles. The van der Waals surface area contributed by atoms with Gasteiger partial charge in [-0.2, -0.15) is 0 Å². The zero-order valence-corrected chi connectivity index (χ0v) is 15.5. The monoisotopic (exact) mass is 384 g/mol. The molecule has 146 valence electrons. The second-order valence-corrected chi connectivity index (χ2v) is 7.55. The van der Waals surface area contributed by atoms with Crippen molar-refractivity contribution in [2.24, 2.45) is 5.92 Å². The number of hydrogen-bond acceptors (Lipinski definition) is 3. The molecule has 28 heavy (non-hydrogen) atoms. The average Bonchev–Trinajstić information content (AvgIpc) is 3.00. The highest BCUT2D eigenvalue weighted by Gasteiger charge is 2.43. The van der Waals surface area contributed by atoms with Crippen LogP contribution in [0.5, 0.6) is 0 Å². The quantitative estimate of drug-likeness (QED) is 0.757. The third-order valence-corrected chi connectivity index (χ3v) is 5.74. The smallest absolute Gasteiger partial charge is 0.251 e. The molecule has 4 rings (SSSR count). The minimum atomic E-state index is -1.07. The summed E-state index contributed by atoms with van der Waals surface area (Å²) >= 11 is 0. The van der Waals surface area contributed by atoms with Crippen molar-refractivity contribution in [2.75, 3.05) is 18.0 Å². The molecule has 2 aromatic carbocycles. The summed E-state index contributed by atoms with van der Waals surface area (Å²) < 4.78 is 26.7. The molecule has 0 aromatic heterocycles. The van der Waals surface area contributed by atoms with Gasteiger partial charge in [0.1, 0.15) is 0 Å². The molecule has 2 aliphatic rings. The first-order chi connectivity index (χ1) is 13.5. The Balaban J connectivity index is 1.40. The summed E-state index contributed by atoms with van der Waals surface area (Å²) in [6.45, 7) is 1.51. The standard InChI is InChI=1S/C22H22F2N2O2/c23-18-7-6-17(13-19(18)24)26-21(27)14-20(22(26)28)25-10-8-16(9-11-25)12-15-4-2-1-3-5-15/h1-7,13,16,20H,8-12,14H2/t20-/m0/s1. The van der Waals surface area contributed by atoms with Crippen molar-refractivity contribution in [3.8, 4) is 0 Å². The number of amides is 2. The van der Waals surface area contributed by atoms with E-state index in [1.165, 1.54) is 11.6 Å². The van der Waals surface area contributed by atoms with Gasteiger partial charge in [0.25, 0.3) is 5.91 Å². The van der Waals surface area contributed by atoms with Gasteiger partial charge in [-0.05, 0) is 56.0 Å². The molecule has 2 saturated heterocycles. The largest absolute Gasteiger partial charge is 0.292 e. The van der Waals surface area contributed by atoms with E-state index in [-0.39, 0.29) is 23.9 Å². The molecule has 6 heteroatoms. The Bertz CT molecular complexity index is 879. The topological polar surface area (TPSA) is 40.6 Å². The summed E-state index contributed by atoms with van der Waals surface area (Å²) in [5.74, 6) is -2.22. The van der Waals surface area contributed by atoms with Gasteiger partial charge in [-0.25, -0.2) is 13.7 Å². The highest BCUT2D eigenvalue weighted by Crippen LogP contribution is 2.30. The maximum atomic E-state index is 13.5. The minimum Gasteiger partial charge on any atom is -0.292 e. The molecule has 0 N–H and O–H groups in total. The number of carbonyl (C=O) groups is 2. The third-order valence-electron chi connectivity index (χ3n) is 5.74. The lowest BCUT2D eigenvalue weighted by Crippen LogP contribution is -2.46. The first kappa shape index (κ1) is 18.7. The molecule has 0 bridgehead atoms. The highest BCUT2D eigenvalue weighted by molar-refractivity contribution is 6.22. The van der Waals surface area contributed by atoms with E-state index in [0.29, 0.717) is 5.92 Å². The molecule has 2 amide bonds. The second-order valence-electron chi connectivity index (χ2n) is 7.55. The van der Waals surface area contributed by atoms with Gasteiger partial charge in [-0.3, -0.25) is 14.5 Å². The molecule has 2 aliphatic heterocycles. The van der Waals surface area contributed by atoms with Crippen molar-refractivity contribution >= 4 is 17.5 Å². The first-order valence-corrected chi connectivity index (χ1v) is 9.63. The van der Waals surface area contributed by atoms with Gasteiger partial charge in [0, 0.05) is 6.07 Å². The van der Waals surface area contributed by atoms with E-state index in [1.54, 1.807) is 0 Å². The van der Waals surface area contributed by atoms with E-state index in [0.717, 1.165) is 49.4 Å². The summed E-state index contributed by atoms with van der Waals surface area (Å²) in [5.41, 5.74) is 1.41. The molecule has 2 heterocycles. The Morgan fingerprint density at radius 1 is 0.929 bits per heavy atom. The predicted molar refractivity (Wildman–Crippen MR) is 102 cm³/mol. The van der Waals surface area contributed by atoms with Crippen LogP contribution in [0, 0.1) is 17.6 Å². The van der Waals surface area contributed by atoms with Crippen LogP contribution in [0.15, 0.2) is 48.5 Å². The lowest BCUT2D eigenvalue weighted by atomic mass is 9.89. The first-order valence-electron chi connectivity index (χ1n) is 9.63. The van der Waals surface area contributed by atoms with E-state index in [2.05, 4.69) is 17.0 Å². The van der Waals surface area contributed by atoms with Gasteiger partial charge in [-0.15, -0.1) is 0 Å². The molecule has 2 fully saturated rings. The Labute approximate surface area is 162 Å². The number of carbonyl (C=O) groups excluding carboxylic acids is 2. The van der Waals surface area contributed by atoms with Crippen molar-refractivity contribution in [2.45, 2.75) is 31.7 Å². The number of piperidine rings is 1. The summed E-state index contributed by atoms with van der Waals surface area (Å²) in [6, 6.07) is 12.9. The molecular weight excluding hydrogens is 362 g/mol. The number of nitrogens with zero attached hydrogens (tertiary/aromatic N) is 2. The number of benzene rings is 2. The number of rotatable bonds is 4. The lowest BCUT2D eigenvalue weighted by Gasteiger charge is -2.34. The fraction of sp³-hybridized carbons (Fsp3) is 0.364. The number of hydrogen-bond donors (Lipinski definition) is 0. The van der Waals surface area contributed by atoms with Crippen LogP contribution in [-0.2, 0) is 16.0 Å². The number of anilines is 1. The van der Waals surface area contributed by atoms with Gasteiger partial charge in [0.15, 0.2) is 11.6 Å². The Morgan fingerprint density at radius 2 is 1.64 bits per heavy atom. The van der Waals surface area contributed by atoms with E-state index in [9.17, 15) is 18.4 Å². The van der Waals surface area contributed by atoms with E-state index < -0.39 is 17.7 Å². The second kappa shape index (κ2) is 7.80. The third kappa shape index (κ3) is 3.69. The predicted octanol–water partition coefficient (Wildman–Crippen LogP) is 3.55. The van der Waals surface area contributed by atoms with E-state index >= 15 is 0 Å². The highest BCUT2D eigenvalue weighted by atomic mass is 19.2. The molecule has 1 atom stereocenters. The maximum absolute atomic E-state index is 13.5. The van der Waals surface area contributed by atoms with Crippen molar-refractivity contribution in [3.63, 3.8) is 0 Å². The van der Waals surface area contributed by atoms with E-state index in [4.69, 9.17) is 0 Å². The number of imide groups is 1. The molecule has 4 nitrogen and oxygen atoms in total. The summed E-state index contributed by atoms with van der Waals surface area (Å²) in [7, 11) is 0. The molecule has 2 aromatic rings. The summed E-state index contributed by atoms with van der Waals surface area (Å²) in [4.78, 5) is 28.3. The Kier molecular flexibility index (Phi) is 5.22. The normalized spacial score (nSPS) is 21.5. The fourth-order valence-corrected chi connectivity index (χ4v) is 4.21. The summed E-state index contributed by atoms with van der Waals surface area (Å²) in [6.07, 6.45) is 3.05. The van der Waals surface area contributed by atoms with Crippen LogP contribution in [-0.4, -0.2) is 35.8 Å². The molecule has 0 aliphatic carbocycles. The maximum Gasteiger partial charge on any atom is 0.251 e. The van der Waals surface area contributed by atoms with Crippen LogP contribution in [0.3, 0.4) is 0 Å². The van der Waals surface area contributed by atoms with Gasteiger partial charge in [0.05, 0.1) is 18.2 Å². The number of halogens is 2. The van der Waals surface area contributed by atoms with Crippen LogP contribution in [0.25, 0.3) is 0 Å². The lowest BCUT2D eigenvalue weighted by molar-refractivity contribution is -0.123. The zero-order valence-electron chi connectivity index (χ0n) is 15.5. The van der Waals surface area contributed by atoms with Crippen molar-refractivity contribution in [1.29, 1.82) is 0 Å². The van der Waals surface area contributed by atoms with Crippen LogP contribution < -0.4 is 4.90 Å². The fourth-order valence-electron chi connectivity index (χ4n) is 4.21.